The summed E-state index contributed by atoms with van der Waals surface area (Å²) in [6.07, 6.45) is 6.29. The third-order valence-electron chi connectivity index (χ3n) is 5.50. The highest BCUT2D eigenvalue weighted by Gasteiger charge is 2.26. The van der Waals surface area contributed by atoms with E-state index in [0.717, 1.165) is 64.4 Å². The fourth-order valence-electron chi connectivity index (χ4n) is 4.05. The fourth-order valence-corrected chi connectivity index (χ4v) is 4.05. The van der Waals surface area contributed by atoms with Gasteiger partial charge >= 0.3 is 0 Å². The number of nitrogens with one attached hydrogen (secondary N) is 2. The quantitative estimate of drug-likeness (QED) is 0.491. The molecule has 0 radical (unpaired) electrons. The summed E-state index contributed by atoms with van der Waals surface area (Å²) in [7, 11) is 0. The zero-order valence-electron chi connectivity index (χ0n) is 16.4. The molecule has 0 aromatic carbocycles. The van der Waals surface area contributed by atoms with Crippen molar-refractivity contribution < 1.29 is 4.79 Å². The van der Waals surface area contributed by atoms with Crippen LogP contribution in [0.3, 0.4) is 0 Å². The third kappa shape index (κ3) is 5.87. The van der Waals surface area contributed by atoms with E-state index in [9.17, 15) is 4.79 Å². The Labute approximate surface area is 153 Å². The fraction of sp³-hybridized carbons (Fsp3) is 0.895. The van der Waals surface area contributed by atoms with Gasteiger partial charge in [0.25, 0.3) is 0 Å². The SMILES string of the molecule is CCNC(=NCC1CCCN1CC)NCCC(CC)N1CCCC1=O. The molecule has 25 heavy (non-hydrogen) atoms. The Morgan fingerprint density at radius 1 is 1.24 bits per heavy atom. The summed E-state index contributed by atoms with van der Waals surface area (Å²) in [6.45, 7) is 12.4. The van der Waals surface area contributed by atoms with Gasteiger partial charge < -0.3 is 15.5 Å². The number of amides is 1. The van der Waals surface area contributed by atoms with Gasteiger partial charge in [-0.15, -0.1) is 0 Å². The average molecular weight is 352 g/mol. The first-order chi connectivity index (χ1) is 12.2. The first kappa shape index (κ1) is 20.0. The lowest BCUT2D eigenvalue weighted by molar-refractivity contribution is -0.129. The van der Waals surface area contributed by atoms with E-state index >= 15 is 0 Å². The van der Waals surface area contributed by atoms with Crippen molar-refractivity contribution >= 4 is 11.9 Å². The van der Waals surface area contributed by atoms with Gasteiger partial charge in [0.2, 0.25) is 5.91 Å². The van der Waals surface area contributed by atoms with E-state index in [2.05, 4.69) is 41.2 Å². The van der Waals surface area contributed by atoms with Crippen molar-refractivity contribution in [3.05, 3.63) is 0 Å². The molecule has 144 valence electrons. The van der Waals surface area contributed by atoms with Crippen LogP contribution >= 0.6 is 0 Å². The first-order valence-electron chi connectivity index (χ1n) is 10.2. The lowest BCUT2D eigenvalue weighted by Gasteiger charge is -2.27. The van der Waals surface area contributed by atoms with Crippen molar-refractivity contribution in [1.82, 2.24) is 20.4 Å². The zero-order valence-corrected chi connectivity index (χ0v) is 16.4. The molecule has 6 nitrogen and oxygen atoms in total. The Morgan fingerprint density at radius 2 is 2.08 bits per heavy atom. The molecule has 0 aromatic heterocycles. The number of hydrogen-bond acceptors (Lipinski definition) is 3. The number of likely N-dealkylation sites (N-methyl/N-ethyl adjacent to an activating group) is 1. The molecule has 2 aliphatic heterocycles. The van der Waals surface area contributed by atoms with Gasteiger partial charge in [0.15, 0.2) is 5.96 Å². The molecule has 0 aliphatic carbocycles. The molecule has 2 unspecified atom stereocenters. The minimum atomic E-state index is 0.327. The van der Waals surface area contributed by atoms with Gasteiger partial charge in [-0.2, -0.15) is 0 Å². The van der Waals surface area contributed by atoms with E-state index < -0.39 is 0 Å². The second kappa shape index (κ2) is 10.6. The molecule has 1 amide bonds. The lowest BCUT2D eigenvalue weighted by Crippen LogP contribution is -2.42. The third-order valence-corrected chi connectivity index (χ3v) is 5.50. The van der Waals surface area contributed by atoms with E-state index in [1.807, 2.05) is 0 Å². The van der Waals surface area contributed by atoms with Crippen molar-refractivity contribution in [2.45, 2.75) is 71.4 Å². The second-order valence-electron chi connectivity index (χ2n) is 7.11. The number of guanidine groups is 1. The van der Waals surface area contributed by atoms with Gasteiger partial charge in [0.1, 0.15) is 0 Å². The van der Waals surface area contributed by atoms with Gasteiger partial charge in [-0.25, -0.2) is 0 Å². The van der Waals surface area contributed by atoms with Crippen LogP contribution in [0.1, 0.15) is 59.3 Å². The Bertz CT molecular complexity index is 440. The van der Waals surface area contributed by atoms with Crippen LogP contribution in [0.2, 0.25) is 0 Å². The average Bonchev–Trinajstić information content (AvgIpc) is 3.25. The van der Waals surface area contributed by atoms with E-state index in [1.165, 1.54) is 19.4 Å². The largest absolute Gasteiger partial charge is 0.357 e. The number of likely N-dealkylation sites (tertiary alicyclic amines) is 2. The summed E-state index contributed by atoms with van der Waals surface area (Å²) in [6, 6.07) is 0.946. The van der Waals surface area contributed by atoms with Crippen LogP contribution in [0.4, 0.5) is 0 Å². The Hall–Kier alpha value is -1.30. The van der Waals surface area contributed by atoms with Crippen LogP contribution in [0.25, 0.3) is 0 Å². The van der Waals surface area contributed by atoms with Crippen molar-refractivity contribution in [3.63, 3.8) is 0 Å². The molecule has 0 bridgehead atoms. The number of carbonyl (C=O) groups is 1. The van der Waals surface area contributed by atoms with Gasteiger partial charge in [-0.3, -0.25) is 14.7 Å². The predicted octanol–water partition coefficient (Wildman–Crippen LogP) is 1.82. The van der Waals surface area contributed by atoms with Gasteiger partial charge in [-0.1, -0.05) is 13.8 Å². The molecule has 2 N–H and O–H groups in total. The molecule has 0 aromatic rings. The molecule has 6 heteroatoms. The maximum absolute atomic E-state index is 11.9. The molecule has 2 rings (SSSR count). The van der Waals surface area contributed by atoms with Crippen LogP contribution in [0.15, 0.2) is 4.99 Å². The number of hydrogen-bond donors (Lipinski definition) is 2. The highest BCUT2D eigenvalue weighted by molar-refractivity contribution is 5.80. The van der Waals surface area contributed by atoms with E-state index in [1.54, 1.807) is 0 Å². The molecule has 0 spiro atoms. The maximum Gasteiger partial charge on any atom is 0.222 e. The summed E-state index contributed by atoms with van der Waals surface area (Å²) < 4.78 is 0. The van der Waals surface area contributed by atoms with E-state index in [0.29, 0.717) is 18.0 Å². The number of nitrogens with zero attached hydrogens (tertiary/aromatic N) is 3. The minimum Gasteiger partial charge on any atom is -0.357 e. The molecule has 2 atom stereocenters. The van der Waals surface area contributed by atoms with Crippen LogP contribution in [-0.2, 0) is 4.79 Å². The molecule has 2 heterocycles. The molecule has 0 saturated carbocycles. The minimum absolute atomic E-state index is 0.327. The van der Waals surface area contributed by atoms with Gasteiger partial charge in [0.05, 0.1) is 6.54 Å². The summed E-state index contributed by atoms with van der Waals surface area (Å²) >= 11 is 0. The smallest absolute Gasteiger partial charge is 0.222 e. The van der Waals surface area contributed by atoms with Gasteiger partial charge in [-0.05, 0) is 52.1 Å². The lowest BCUT2D eigenvalue weighted by atomic mass is 10.1. The Balaban J connectivity index is 1.79. The molecule has 2 saturated heterocycles. The van der Waals surface area contributed by atoms with Crippen LogP contribution in [0, 0.1) is 0 Å². The molecule has 2 fully saturated rings. The van der Waals surface area contributed by atoms with E-state index in [4.69, 9.17) is 4.99 Å². The monoisotopic (exact) mass is 351 g/mol. The number of carbonyl (C=O) groups excluding carboxylic acids is 1. The Morgan fingerprint density at radius 3 is 2.72 bits per heavy atom. The Kier molecular flexibility index (Phi) is 8.52. The van der Waals surface area contributed by atoms with E-state index in [-0.39, 0.29) is 0 Å². The topological polar surface area (TPSA) is 60.0 Å². The number of rotatable bonds is 9. The predicted molar refractivity (Wildman–Crippen MR) is 104 cm³/mol. The molecule has 2 aliphatic rings. The van der Waals surface area contributed by atoms with Crippen molar-refractivity contribution in [1.29, 1.82) is 0 Å². The van der Waals surface area contributed by atoms with Gasteiger partial charge in [0, 0.05) is 38.1 Å². The standard InChI is InChI=1S/C19H37N5O/c1-4-16(24-14-8-10-18(24)25)11-12-21-19(20-5-2)22-15-17-9-7-13-23(17)6-3/h16-17H,4-15H2,1-3H3,(H2,20,21,22). The van der Waals surface area contributed by atoms with Crippen molar-refractivity contribution in [2.75, 3.05) is 39.3 Å². The molecular weight excluding hydrogens is 314 g/mol. The van der Waals surface area contributed by atoms with Crippen LogP contribution in [0.5, 0.6) is 0 Å². The first-order valence-corrected chi connectivity index (χ1v) is 10.2. The summed E-state index contributed by atoms with van der Waals surface area (Å²) in [5.74, 6) is 1.24. The van der Waals surface area contributed by atoms with Crippen molar-refractivity contribution in [2.24, 2.45) is 4.99 Å². The maximum atomic E-state index is 11.9. The second-order valence-corrected chi connectivity index (χ2v) is 7.11. The highest BCUT2D eigenvalue weighted by Crippen LogP contribution is 2.18. The number of aliphatic imine (C=N–C) groups is 1. The zero-order chi connectivity index (χ0) is 18.1. The molecular formula is C19H37N5O. The summed E-state index contributed by atoms with van der Waals surface area (Å²) in [5.41, 5.74) is 0. The van der Waals surface area contributed by atoms with Crippen molar-refractivity contribution in [3.8, 4) is 0 Å². The van der Waals surface area contributed by atoms with Crippen LogP contribution in [-0.4, -0.2) is 73.0 Å². The summed E-state index contributed by atoms with van der Waals surface area (Å²) in [4.78, 5) is 21.3. The normalized spacial score (nSPS) is 23.3. The summed E-state index contributed by atoms with van der Waals surface area (Å²) in [5, 5.41) is 6.81. The highest BCUT2D eigenvalue weighted by atomic mass is 16.2. The van der Waals surface area contributed by atoms with Crippen LogP contribution < -0.4 is 10.6 Å².